The molecule has 0 aliphatic heterocycles. The van der Waals surface area contributed by atoms with Crippen LogP contribution in [0, 0.1) is 12.8 Å². The predicted molar refractivity (Wildman–Crippen MR) is 68.5 cm³/mol. The molecule has 1 amide bonds. The molecule has 0 saturated heterocycles. The van der Waals surface area contributed by atoms with Crippen LogP contribution < -0.4 is 5.32 Å². The van der Waals surface area contributed by atoms with Crippen molar-refractivity contribution in [2.75, 3.05) is 0 Å². The average Bonchev–Trinajstić information content (AvgIpc) is 2.68. The zero-order chi connectivity index (χ0) is 12.3. The summed E-state index contributed by atoms with van der Waals surface area (Å²) in [6.07, 6.45) is 7.17. The van der Waals surface area contributed by atoms with Gasteiger partial charge in [0.15, 0.2) is 0 Å². The Morgan fingerprint density at radius 2 is 2.29 bits per heavy atom. The summed E-state index contributed by atoms with van der Waals surface area (Å²) in [5.41, 5.74) is 2.37. The van der Waals surface area contributed by atoms with Gasteiger partial charge in [-0.1, -0.05) is 12.2 Å². The van der Waals surface area contributed by atoms with Crippen molar-refractivity contribution in [2.45, 2.75) is 32.7 Å². The van der Waals surface area contributed by atoms with Gasteiger partial charge in [0.2, 0.25) is 5.91 Å². The van der Waals surface area contributed by atoms with E-state index in [9.17, 15) is 4.79 Å². The van der Waals surface area contributed by atoms with Crippen molar-refractivity contribution >= 4 is 5.91 Å². The molecule has 1 aromatic rings. The van der Waals surface area contributed by atoms with Gasteiger partial charge in [-0.05, 0) is 38.3 Å². The van der Waals surface area contributed by atoms with Gasteiger partial charge in [-0.2, -0.15) is 0 Å². The van der Waals surface area contributed by atoms with Crippen LogP contribution in [0.15, 0.2) is 24.3 Å². The minimum atomic E-state index is 0.168. The first-order chi connectivity index (χ1) is 8.18. The summed E-state index contributed by atoms with van der Waals surface area (Å²) in [6.45, 7) is 2.70. The molecule has 1 aliphatic carbocycles. The lowest BCUT2D eigenvalue weighted by atomic mass is 9.94. The van der Waals surface area contributed by atoms with E-state index >= 15 is 0 Å². The SMILES string of the molecule is Cc1ccc(CNC(=O)C2CC=CCC2)n1C. The number of rotatable bonds is 3. The molecule has 1 aliphatic rings. The molecule has 3 nitrogen and oxygen atoms in total. The van der Waals surface area contributed by atoms with Crippen molar-refractivity contribution in [1.82, 2.24) is 9.88 Å². The Bertz CT molecular complexity index is 431. The van der Waals surface area contributed by atoms with Crippen LogP contribution >= 0.6 is 0 Å². The fraction of sp³-hybridized carbons (Fsp3) is 0.500. The van der Waals surface area contributed by atoms with Gasteiger partial charge in [0.05, 0.1) is 6.54 Å². The van der Waals surface area contributed by atoms with Crippen LogP contribution in [0.3, 0.4) is 0 Å². The number of nitrogens with zero attached hydrogens (tertiary/aromatic N) is 1. The van der Waals surface area contributed by atoms with Crippen molar-refractivity contribution in [1.29, 1.82) is 0 Å². The summed E-state index contributed by atoms with van der Waals surface area (Å²) < 4.78 is 2.11. The fourth-order valence-corrected chi connectivity index (χ4v) is 2.20. The van der Waals surface area contributed by atoms with Crippen LogP contribution in [-0.4, -0.2) is 10.5 Å². The number of nitrogens with one attached hydrogen (secondary N) is 1. The number of amides is 1. The van der Waals surface area contributed by atoms with E-state index in [1.807, 2.05) is 7.05 Å². The van der Waals surface area contributed by atoms with E-state index in [0.29, 0.717) is 6.54 Å². The Morgan fingerprint density at radius 1 is 1.47 bits per heavy atom. The van der Waals surface area contributed by atoms with Gasteiger partial charge in [0.25, 0.3) is 0 Å². The van der Waals surface area contributed by atoms with Gasteiger partial charge in [-0.25, -0.2) is 0 Å². The third-order valence-electron chi connectivity index (χ3n) is 3.56. The first-order valence-corrected chi connectivity index (χ1v) is 6.22. The van der Waals surface area contributed by atoms with Crippen molar-refractivity contribution in [3.05, 3.63) is 35.7 Å². The maximum atomic E-state index is 11.9. The molecule has 17 heavy (non-hydrogen) atoms. The lowest BCUT2D eigenvalue weighted by Crippen LogP contribution is -2.31. The standard InChI is InChI=1S/C14H20N2O/c1-11-8-9-13(16(11)2)10-15-14(17)12-6-4-3-5-7-12/h3-4,8-9,12H,5-7,10H2,1-2H3,(H,15,17). The largest absolute Gasteiger partial charge is 0.350 e. The average molecular weight is 232 g/mol. The Morgan fingerprint density at radius 3 is 2.88 bits per heavy atom. The highest BCUT2D eigenvalue weighted by molar-refractivity contribution is 5.78. The van der Waals surface area contributed by atoms with Crippen molar-refractivity contribution in [3.63, 3.8) is 0 Å². The number of aryl methyl sites for hydroxylation is 1. The van der Waals surface area contributed by atoms with E-state index in [4.69, 9.17) is 0 Å². The van der Waals surface area contributed by atoms with E-state index in [2.05, 4.69) is 41.1 Å². The molecule has 1 unspecified atom stereocenters. The summed E-state index contributed by atoms with van der Waals surface area (Å²) in [7, 11) is 2.03. The second kappa shape index (κ2) is 5.21. The van der Waals surface area contributed by atoms with Crippen molar-refractivity contribution < 1.29 is 4.79 Å². The van der Waals surface area contributed by atoms with E-state index < -0.39 is 0 Å². The normalized spacial score (nSPS) is 19.3. The monoisotopic (exact) mass is 232 g/mol. The first kappa shape index (κ1) is 12.0. The minimum Gasteiger partial charge on any atom is -0.350 e. The molecule has 92 valence electrons. The van der Waals surface area contributed by atoms with Gasteiger partial charge in [-0.15, -0.1) is 0 Å². The molecule has 1 aromatic heterocycles. The molecule has 0 aromatic carbocycles. The molecule has 1 heterocycles. The number of hydrogen-bond acceptors (Lipinski definition) is 1. The molecule has 0 fully saturated rings. The third kappa shape index (κ3) is 2.78. The molecule has 0 spiro atoms. The second-order valence-corrected chi connectivity index (χ2v) is 4.72. The summed E-state index contributed by atoms with van der Waals surface area (Å²) in [5, 5.41) is 3.03. The number of aromatic nitrogens is 1. The summed E-state index contributed by atoms with van der Waals surface area (Å²) in [6, 6.07) is 4.14. The van der Waals surface area contributed by atoms with Crippen molar-refractivity contribution in [3.8, 4) is 0 Å². The van der Waals surface area contributed by atoms with Crippen LogP contribution in [0.1, 0.15) is 30.7 Å². The lowest BCUT2D eigenvalue weighted by molar-refractivity contribution is -0.125. The minimum absolute atomic E-state index is 0.168. The maximum absolute atomic E-state index is 11.9. The van der Waals surface area contributed by atoms with Crippen LogP contribution in [0.5, 0.6) is 0 Å². The van der Waals surface area contributed by atoms with Crippen molar-refractivity contribution in [2.24, 2.45) is 13.0 Å². The highest BCUT2D eigenvalue weighted by Crippen LogP contribution is 2.18. The van der Waals surface area contributed by atoms with E-state index in [0.717, 1.165) is 25.0 Å². The fourth-order valence-electron chi connectivity index (χ4n) is 2.20. The quantitative estimate of drug-likeness (QED) is 0.797. The molecule has 0 bridgehead atoms. The van der Waals surface area contributed by atoms with Gasteiger partial charge >= 0.3 is 0 Å². The van der Waals surface area contributed by atoms with Crippen LogP contribution in [0.2, 0.25) is 0 Å². The Labute approximate surface area is 103 Å². The molecule has 1 atom stereocenters. The number of carbonyl (C=O) groups excluding carboxylic acids is 1. The van der Waals surface area contributed by atoms with Crippen LogP contribution in [0.4, 0.5) is 0 Å². The Kier molecular flexibility index (Phi) is 3.67. The molecular weight excluding hydrogens is 212 g/mol. The zero-order valence-electron chi connectivity index (χ0n) is 10.6. The molecule has 3 heteroatoms. The molecule has 0 saturated carbocycles. The van der Waals surface area contributed by atoms with Gasteiger partial charge in [0, 0.05) is 24.4 Å². The van der Waals surface area contributed by atoms with Crippen LogP contribution in [-0.2, 0) is 18.4 Å². The molecule has 0 radical (unpaired) electrons. The third-order valence-corrected chi connectivity index (χ3v) is 3.56. The Balaban J connectivity index is 1.87. The highest BCUT2D eigenvalue weighted by Gasteiger charge is 2.18. The molecular formula is C14H20N2O. The van der Waals surface area contributed by atoms with E-state index in [1.54, 1.807) is 0 Å². The van der Waals surface area contributed by atoms with E-state index in [-0.39, 0.29) is 11.8 Å². The molecule has 2 rings (SSSR count). The summed E-state index contributed by atoms with van der Waals surface area (Å²) in [5.74, 6) is 0.356. The predicted octanol–water partition coefficient (Wildman–Crippen LogP) is 2.31. The molecule has 1 N–H and O–H groups in total. The highest BCUT2D eigenvalue weighted by atomic mass is 16.1. The van der Waals surface area contributed by atoms with Crippen LogP contribution in [0.25, 0.3) is 0 Å². The van der Waals surface area contributed by atoms with E-state index in [1.165, 1.54) is 5.69 Å². The first-order valence-electron chi connectivity index (χ1n) is 6.22. The zero-order valence-corrected chi connectivity index (χ0v) is 10.6. The number of carbonyl (C=O) groups is 1. The van der Waals surface area contributed by atoms with Gasteiger partial charge in [-0.3, -0.25) is 4.79 Å². The number of hydrogen-bond donors (Lipinski definition) is 1. The Hall–Kier alpha value is -1.51. The second-order valence-electron chi connectivity index (χ2n) is 4.72. The smallest absolute Gasteiger partial charge is 0.223 e. The summed E-state index contributed by atoms with van der Waals surface area (Å²) >= 11 is 0. The lowest BCUT2D eigenvalue weighted by Gasteiger charge is -2.17. The topological polar surface area (TPSA) is 34.0 Å². The summed E-state index contributed by atoms with van der Waals surface area (Å²) in [4.78, 5) is 11.9. The van der Waals surface area contributed by atoms with Gasteiger partial charge in [0.1, 0.15) is 0 Å². The maximum Gasteiger partial charge on any atom is 0.223 e. The van der Waals surface area contributed by atoms with Gasteiger partial charge < -0.3 is 9.88 Å². The number of allylic oxidation sites excluding steroid dienone is 2.